The van der Waals surface area contributed by atoms with E-state index in [-0.39, 0.29) is 12.4 Å². The van der Waals surface area contributed by atoms with Crippen molar-refractivity contribution < 1.29 is 9.53 Å². The highest BCUT2D eigenvalue weighted by molar-refractivity contribution is 7.18. The lowest BCUT2D eigenvalue weighted by Gasteiger charge is -2.01. The Bertz CT molecular complexity index is 323. The summed E-state index contributed by atoms with van der Waals surface area (Å²) < 4.78 is 5.96. The van der Waals surface area contributed by atoms with Gasteiger partial charge >= 0.3 is 0 Å². The molecule has 1 rings (SSSR count). The average molecular weight is 261 g/mol. The zero-order valence-corrected chi connectivity index (χ0v) is 11.1. The van der Waals surface area contributed by atoms with E-state index in [1.165, 1.54) is 30.6 Å². The molecule has 0 fully saturated rings. The molecular weight excluding hydrogens is 244 g/mol. The molecule has 0 aliphatic heterocycles. The van der Waals surface area contributed by atoms with Gasteiger partial charge in [-0.2, -0.15) is 0 Å². The van der Waals surface area contributed by atoms with Gasteiger partial charge in [-0.1, -0.05) is 37.8 Å². The summed E-state index contributed by atoms with van der Waals surface area (Å²) in [5, 5.41) is 0. The first-order valence-corrected chi connectivity index (χ1v) is 6.79. The lowest BCUT2D eigenvalue weighted by atomic mass is 10.2. The fourth-order valence-corrected chi connectivity index (χ4v) is 2.30. The van der Waals surface area contributed by atoms with E-state index >= 15 is 0 Å². The van der Waals surface area contributed by atoms with E-state index in [4.69, 9.17) is 16.3 Å². The third-order valence-electron chi connectivity index (χ3n) is 2.22. The van der Waals surface area contributed by atoms with Gasteiger partial charge in [-0.15, -0.1) is 11.3 Å². The fraction of sp³-hybridized carbons (Fsp3) is 0.583. The number of hydrogen-bond donors (Lipinski definition) is 0. The fourth-order valence-electron chi connectivity index (χ4n) is 1.33. The molecule has 0 atom stereocenters. The number of ether oxygens (including phenoxy) is 1. The normalized spacial score (nSPS) is 10.6. The summed E-state index contributed by atoms with van der Waals surface area (Å²) in [6, 6.07) is 3.48. The Morgan fingerprint density at radius 3 is 2.81 bits per heavy atom. The molecule has 0 amide bonds. The molecule has 0 aliphatic rings. The molecule has 0 unspecified atom stereocenters. The SMILES string of the molecule is CCCCCCOCC(=O)c1ccc(Cl)s1. The molecule has 0 saturated carbocycles. The van der Waals surface area contributed by atoms with Crippen molar-refractivity contribution in [2.24, 2.45) is 0 Å². The van der Waals surface area contributed by atoms with Crippen molar-refractivity contribution in [3.63, 3.8) is 0 Å². The highest BCUT2D eigenvalue weighted by Crippen LogP contribution is 2.21. The quantitative estimate of drug-likeness (QED) is 0.518. The molecule has 1 aromatic heterocycles. The number of unbranched alkanes of at least 4 members (excludes halogenated alkanes) is 3. The lowest BCUT2D eigenvalue weighted by Crippen LogP contribution is -2.08. The molecule has 0 aliphatic carbocycles. The number of hydrogen-bond acceptors (Lipinski definition) is 3. The van der Waals surface area contributed by atoms with Crippen molar-refractivity contribution in [2.75, 3.05) is 13.2 Å². The Labute approximate surface area is 106 Å². The number of carbonyl (C=O) groups excluding carboxylic acids is 1. The molecule has 0 spiro atoms. The van der Waals surface area contributed by atoms with Crippen LogP contribution in [0.5, 0.6) is 0 Å². The van der Waals surface area contributed by atoms with Crippen LogP contribution in [0.1, 0.15) is 42.3 Å². The molecule has 1 heterocycles. The van der Waals surface area contributed by atoms with E-state index in [9.17, 15) is 4.79 Å². The molecule has 0 N–H and O–H groups in total. The summed E-state index contributed by atoms with van der Waals surface area (Å²) in [6.07, 6.45) is 4.66. The summed E-state index contributed by atoms with van der Waals surface area (Å²) in [5.74, 6) is 0.0207. The van der Waals surface area contributed by atoms with Gasteiger partial charge in [0.2, 0.25) is 0 Å². The van der Waals surface area contributed by atoms with Crippen LogP contribution < -0.4 is 0 Å². The van der Waals surface area contributed by atoms with Crippen molar-refractivity contribution in [2.45, 2.75) is 32.6 Å². The molecule has 0 saturated heterocycles. The Morgan fingerprint density at radius 2 is 2.19 bits per heavy atom. The van der Waals surface area contributed by atoms with E-state index in [2.05, 4.69) is 6.92 Å². The van der Waals surface area contributed by atoms with Crippen LogP contribution in [0, 0.1) is 0 Å². The van der Waals surface area contributed by atoms with Gasteiger partial charge in [0.25, 0.3) is 0 Å². The van der Waals surface area contributed by atoms with Crippen molar-refractivity contribution in [1.82, 2.24) is 0 Å². The van der Waals surface area contributed by atoms with Gasteiger partial charge < -0.3 is 4.74 Å². The van der Waals surface area contributed by atoms with Crippen LogP contribution in [-0.4, -0.2) is 19.0 Å². The molecule has 16 heavy (non-hydrogen) atoms. The number of thiophene rings is 1. The minimum absolute atomic E-state index is 0.0207. The Balaban J connectivity index is 2.11. The first-order chi connectivity index (χ1) is 7.74. The predicted molar refractivity (Wildman–Crippen MR) is 68.6 cm³/mol. The smallest absolute Gasteiger partial charge is 0.198 e. The maximum absolute atomic E-state index is 11.6. The number of halogens is 1. The van der Waals surface area contributed by atoms with Crippen LogP contribution in [0.2, 0.25) is 4.34 Å². The summed E-state index contributed by atoms with van der Waals surface area (Å²) in [6.45, 7) is 3.01. The van der Waals surface area contributed by atoms with Crippen LogP contribution >= 0.6 is 22.9 Å². The van der Waals surface area contributed by atoms with Crippen molar-refractivity contribution >= 4 is 28.7 Å². The van der Waals surface area contributed by atoms with Gasteiger partial charge in [-0.05, 0) is 18.6 Å². The first kappa shape index (κ1) is 13.7. The molecule has 4 heteroatoms. The number of ketones is 1. The second-order valence-electron chi connectivity index (χ2n) is 3.64. The minimum atomic E-state index is 0.0207. The van der Waals surface area contributed by atoms with Gasteiger partial charge in [0, 0.05) is 6.61 Å². The third-order valence-corrected chi connectivity index (χ3v) is 3.50. The van der Waals surface area contributed by atoms with Gasteiger partial charge in [0.15, 0.2) is 5.78 Å². The summed E-state index contributed by atoms with van der Waals surface area (Å²) in [4.78, 5) is 12.3. The third kappa shape index (κ3) is 5.10. The molecule has 1 aromatic rings. The topological polar surface area (TPSA) is 26.3 Å². The Kier molecular flexibility index (Phi) is 6.69. The highest BCUT2D eigenvalue weighted by atomic mass is 35.5. The number of Topliss-reactive ketones (excluding diaryl/α,β-unsaturated/α-hetero) is 1. The largest absolute Gasteiger partial charge is 0.373 e. The van der Waals surface area contributed by atoms with E-state index < -0.39 is 0 Å². The van der Waals surface area contributed by atoms with Crippen LogP contribution in [-0.2, 0) is 4.74 Å². The van der Waals surface area contributed by atoms with Crippen molar-refractivity contribution in [1.29, 1.82) is 0 Å². The lowest BCUT2D eigenvalue weighted by molar-refractivity contribution is 0.0756. The van der Waals surface area contributed by atoms with E-state index in [1.54, 1.807) is 12.1 Å². The first-order valence-electron chi connectivity index (χ1n) is 5.60. The Morgan fingerprint density at radius 1 is 1.38 bits per heavy atom. The van der Waals surface area contributed by atoms with Gasteiger partial charge in [-0.3, -0.25) is 4.79 Å². The van der Waals surface area contributed by atoms with Gasteiger partial charge in [-0.25, -0.2) is 0 Å². The summed E-state index contributed by atoms with van der Waals surface area (Å²) in [5.41, 5.74) is 0. The van der Waals surface area contributed by atoms with Gasteiger partial charge in [0.05, 0.1) is 9.21 Å². The molecule has 0 bridgehead atoms. The molecular formula is C12H17ClO2S. The summed E-state index contributed by atoms with van der Waals surface area (Å²) in [7, 11) is 0. The van der Waals surface area contributed by atoms with Crippen LogP contribution in [0.25, 0.3) is 0 Å². The monoisotopic (exact) mass is 260 g/mol. The molecule has 0 aromatic carbocycles. The van der Waals surface area contributed by atoms with E-state index in [0.717, 1.165) is 6.42 Å². The standard InChI is InChI=1S/C12H17ClO2S/c1-2-3-4-5-8-15-9-10(14)11-6-7-12(13)16-11/h6-7H,2-5,8-9H2,1H3. The minimum Gasteiger partial charge on any atom is -0.373 e. The maximum atomic E-state index is 11.6. The second kappa shape index (κ2) is 7.82. The molecule has 0 radical (unpaired) electrons. The number of rotatable bonds is 8. The van der Waals surface area contributed by atoms with Gasteiger partial charge in [0.1, 0.15) is 6.61 Å². The Hall–Kier alpha value is -0.380. The van der Waals surface area contributed by atoms with Crippen molar-refractivity contribution in [3.8, 4) is 0 Å². The molecule has 90 valence electrons. The van der Waals surface area contributed by atoms with Crippen LogP contribution in [0.15, 0.2) is 12.1 Å². The van der Waals surface area contributed by atoms with Crippen molar-refractivity contribution in [3.05, 3.63) is 21.3 Å². The predicted octanol–water partition coefficient (Wildman–Crippen LogP) is 4.18. The zero-order valence-electron chi connectivity index (χ0n) is 9.50. The van der Waals surface area contributed by atoms with Crippen LogP contribution in [0.4, 0.5) is 0 Å². The van der Waals surface area contributed by atoms with E-state index in [0.29, 0.717) is 15.8 Å². The zero-order chi connectivity index (χ0) is 11.8. The maximum Gasteiger partial charge on any atom is 0.198 e. The number of carbonyl (C=O) groups is 1. The average Bonchev–Trinajstić information content (AvgIpc) is 2.70. The molecule has 2 nitrogen and oxygen atoms in total. The van der Waals surface area contributed by atoms with Crippen LogP contribution in [0.3, 0.4) is 0 Å². The highest BCUT2D eigenvalue weighted by Gasteiger charge is 2.08. The van der Waals surface area contributed by atoms with E-state index in [1.807, 2.05) is 0 Å². The summed E-state index contributed by atoms with van der Waals surface area (Å²) >= 11 is 7.05. The second-order valence-corrected chi connectivity index (χ2v) is 5.36.